The number of pyridine rings is 1. The van der Waals surface area contributed by atoms with Gasteiger partial charge in [0.1, 0.15) is 0 Å². The standard InChI is InChI=1S/C19H15N/c1-3-9-16(10-4-1)15-18(17-11-5-2-6-12-17)19-13-7-8-14-20-19/h1-15H/b18-15+. The van der Waals surface area contributed by atoms with E-state index in [4.69, 9.17) is 0 Å². The summed E-state index contributed by atoms with van der Waals surface area (Å²) in [6, 6.07) is 26.7. The first-order chi connectivity index (χ1) is 9.93. The fourth-order valence-corrected chi connectivity index (χ4v) is 2.16. The van der Waals surface area contributed by atoms with Crippen LogP contribution in [-0.4, -0.2) is 4.98 Å². The Bertz CT molecular complexity index is 644. The van der Waals surface area contributed by atoms with E-state index in [-0.39, 0.29) is 0 Å². The first kappa shape index (κ1) is 12.4. The van der Waals surface area contributed by atoms with Gasteiger partial charge in [-0.3, -0.25) is 4.98 Å². The molecule has 0 atom stereocenters. The lowest BCUT2D eigenvalue weighted by Crippen LogP contribution is -1.91. The SMILES string of the molecule is C(=C(/c1ccccc1)c1ccccn1)/c1ccccc1. The van der Waals surface area contributed by atoms with E-state index in [1.807, 2.05) is 48.7 Å². The van der Waals surface area contributed by atoms with Gasteiger partial charge in [-0.1, -0.05) is 66.7 Å². The van der Waals surface area contributed by atoms with E-state index in [1.165, 1.54) is 11.1 Å². The van der Waals surface area contributed by atoms with Gasteiger partial charge in [-0.15, -0.1) is 0 Å². The van der Waals surface area contributed by atoms with Gasteiger partial charge in [0.2, 0.25) is 0 Å². The Balaban J connectivity index is 2.12. The Morgan fingerprint density at radius 2 is 1.35 bits per heavy atom. The molecule has 0 radical (unpaired) electrons. The van der Waals surface area contributed by atoms with Crippen molar-refractivity contribution in [1.29, 1.82) is 0 Å². The molecule has 1 aromatic heterocycles. The molecule has 0 bridgehead atoms. The Morgan fingerprint density at radius 1 is 0.700 bits per heavy atom. The molecule has 0 amide bonds. The van der Waals surface area contributed by atoms with Crippen LogP contribution in [0.1, 0.15) is 16.8 Å². The predicted octanol–water partition coefficient (Wildman–Crippen LogP) is 4.67. The minimum absolute atomic E-state index is 0.988. The van der Waals surface area contributed by atoms with Crippen molar-refractivity contribution in [3.05, 3.63) is 102 Å². The highest BCUT2D eigenvalue weighted by molar-refractivity contribution is 5.90. The summed E-state index contributed by atoms with van der Waals surface area (Å²) in [4.78, 5) is 4.48. The summed E-state index contributed by atoms with van der Waals surface area (Å²) < 4.78 is 0. The molecule has 0 saturated heterocycles. The molecule has 0 unspecified atom stereocenters. The Morgan fingerprint density at radius 3 is 2.00 bits per heavy atom. The van der Waals surface area contributed by atoms with E-state index in [2.05, 4.69) is 47.5 Å². The molecule has 1 heterocycles. The summed E-state index contributed by atoms with van der Waals surface area (Å²) in [6.45, 7) is 0. The number of hydrogen-bond acceptors (Lipinski definition) is 1. The molecule has 3 rings (SSSR count). The van der Waals surface area contributed by atoms with Crippen molar-refractivity contribution in [3.8, 4) is 0 Å². The molecular weight excluding hydrogens is 242 g/mol. The first-order valence-electron chi connectivity index (χ1n) is 6.67. The molecule has 0 spiro atoms. The molecule has 0 aliphatic heterocycles. The molecule has 2 aromatic carbocycles. The van der Waals surface area contributed by atoms with Gasteiger partial charge < -0.3 is 0 Å². The number of aromatic nitrogens is 1. The van der Waals surface area contributed by atoms with Gasteiger partial charge in [0.25, 0.3) is 0 Å². The zero-order valence-corrected chi connectivity index (χ0v) is 11.1. The number of rotatable bonds is 3. The van der Waals surface area contributed by atoms with Crippen LogP contribution in [0.25, 0.3) is 11.6 Å². The van der Waals surface area contributed by atoms with Crippen molar-refractivity contribution in [3.63, 3.8) is 0 Å². The van der Waals surface area contributed by atoms with Crippen LogP contribution < -0.4 is 0 Å². The lowest BCUT2D eigenvalue weighted by molar-refractivity contribution is 1.28. The number of hydrogen-bond donors (Lipinski definition) is 0. The Labute approximate surface area is 119 Å². The smallest absolute Gasteiger partial charge is 0.0708 e. The molecular formula is C19H15N. The van der Waals surface area contributed by atoms with Crippen molar-refractivity contribution in [2.75, 3.05) is 0 Å². The van der Waals surface area contributed by atoms with Crippen LogP contribution in [0.4, 0.5) is 0 Å². The summed E-state index contributed by atoms with van der Waals surface area (Å²) in [6.07, 6.45) is 4.01. The van der Waals surface area contributed by atoms with Gasteiger partial charge in [-0.05, 0) is 29.3 Å². The van der Waals surface area contributed by atoms with Crippen LogP contribution in [-0.2, 0) is 0 Å². The molecule has 1 nitrogen and oxygen atoms in total. The highest BCUT2D eigenvalue weighted by Gasteiger charge is 2.05. The minimum Gasteiger partial charge on any atom is -0.256 e. The van der Waals surface area contributed by atoms with Crippen LogP contribution in [0.3, 0.4) is 0 Å². The quantitative estimate of drug-likeness (QED) is 0.621. The summed E-state index contributed by atoms with van der Waals surface area (Å²) in [5.41, 5.74) is 4.48. The average molecular weight is 257 g/mol. The molecule has 20 heavy (non-hydrogen) atoms. The van der Waals surface area contributed by atoms with Gasteiger partial charge in [0, 0.05) is 11.8 Å². The number of nitrogens with zero attached hydrogens (tertiary/aromatic N) is 1. The highest BCUT2D eigenvalue weighted by atomic mass is 14.7. The zero-order valence-electron chi connectivity index (χ0n) is 11.1. The van der Waals surface area contributed by atoms with Crippen LogP contribution in [0.15, 0.2) is 85.1 Å². The minimum atomic E-state index is 0.988. The van der Waals surface area contributed by atoms with Crippen LogP contribution in [0, 0.1) is 0 Å². The van der Waals surface area contributed by atoms with Gasteiger partial charge in [0.05, 0.1) is 5.69 Å². The first-order valence-corrected chi connectivity index (χ1v) is 6.67. The third kappa shape index (κ3) is 2.83. The van der Waals surface area contributed by atoms with E-state index in [0.29, 0.717) is 0 Å². The molecule has 0 aliphatic carbocycles. The highest BCUT2D eigenvalue weighted by Crippen LogP contribution is 2.24. The van der Waals surface area contributed by atoms with Crippen molar-refractivity contribution in [1.82, 2.24) is 4.98 Å². The van der Waals surface area contributed by atoms with Crippen molar-refractivity contribution < 1.29 is 0 Å². The van der Waals surface area contributed by atoms with E-state index < -0.39 is 0 Å². The van der Waals surface area contributed by atoms with Gasteiger partial charge in [-0.2, -0.15) is 0 Å². The summed E-state index contributed by atoms with van der Waals surface area (Å²) in [5.74, 6) is 0. The maximum atomic E-state index is 4.48. The molecule has 0 aliphatic rings. The monoisotopic (exact) mass is 257 g/mol. The third-order valence-electron chi connectivity index (χ3n) is 3.14. The lowest BCUT2D eigenvalue weighted by Gasteiger charge is -2.07. The van der Waals surface area contributed by atoms with Crippen LogP contribution >= 0.6 is 0 Å². The second kappa shape index (κ2) is 5.98. The zero-order chi connectivity index (χ0) is 13.6. The Kier molecular flexibility index (Phi) is 3.70. The predicted molar refractivity (Wildman–Crippen MR) is 84.1 cm³/mol. The number of benzene rings is 2. The second-order valence-corrected chi connectivity index (χ2v) is 4.55. The molecule has 3 aromatic rings. The second-order valence-electron chi connectivity index (χ2n) is 4.55. The van der Waals surface area contributed by atoms with E-state index in [0.717, 1.165) is 11.3 Å². The third-order valence-corrected chi connectivity index (χ3v) is 3.14. The van der Waals surface area contributed by atoms with E-state index in [1.54, 1.807) is 0 Å². The maximum Gasteiger partial charge on any atom is 0.0708 e. The summed E-state index contributed by atoms with van der Waals surface area (Å²) in [5, 5.41) is 0. The molecule has 96 valence electrons. The molecule has 1 heteroatoms. The topological polar surface area (TPSA) is 12.9 Å². The van der Waals surface area contributed by atoms with Crippen LogP contribution in [0.2, 0.25) is 0 Å². The normalized spacial score (nSPS) is 11.3. The maximum absolute atomic E-state index is 4.48. The fraction of sp³-hybridized carbons (Fsp3) is 0. The lowest BCUT2D eigenvalue weighted by atomic mass is 9.99. The Hall–Kier alpha value is -2.67. The molecule has 0 saturated carbocycles. The summed E-state index contributed by atoms with van der Waals surface area (Å²) in [7, 11) is 0. The average Bonchev–Trinajstić information content (AvgIpc) is 2.55. The molecule has 0 N–H and O–H groups in total. The van der Waals surface area contributed by atoms with Crippen molar-refractivity contribution >= 4 is 11.6 Å². The largest absolute Gasteiger partial charge is 0.256 e. The molecule has 0 fully saturated rings. The van der Waals surface area contributed by atoms with Crippen molar-refractivity contribution in [2.24, 2.45) is 0 Å². The fourth-order valence-electron chi connectivity index (χ4n) is 2.16. The van der Waals surface area contributed by atoms with Gasteiger partial charge in [0.15, 0.2) is 0 Å². The van der Waals surface area contributed by atoms with Gasteiger partial charge >= 0.3 is 0 Å². The van der Waals surface area contributed by atoms with Gasteiger partial charge in [-0.25, -0.2) is 0 Å². The summed E-state index contributed by atoms with van der Waals surface area (Å²) >= 11 is 0. The van der Waals surface area contributed by atoms with E-state index in [9.17, 15) is 0 Å². The van der Waals surface area contributed by atoms with Crippen LogP contribution in [0.5, 0.6) is 0 Å². The van der Waals surface area contributed by atoms with Crippen molar-refractivity contribution in [2.45, 2.75) is 0 Å². The van der Waals surface area contributed by atoms with E-state index >= 15 is 0 Å².